The van der Waals surface area contributed by atoms with Gasteiger partial charge in [-0.1, -0.05) is 61.2 Å². The van der Waals surface area contributed by atoms with Gasteiger partial charge in [0.15, 0.2) is 22.8 Å². The Morgan fingerprint density at radius 3 is 1.68 bits per heavy atom. The highest BCUT2D eigenvalue weighted by Gasteiger charge is 2.24. The average Bonchev–Trinajstić information content (AvgIpc) is 3.08. The molecule has 7 rings (SSSR count). The summed E-state index contributed by atoms with van der Waals surface area (Å²) >= 11 is 0. The molecule has 0 radical (unpaired) electrons. The zero-order valence-corrected chi connectivity index (χ0v) is 22.6. The summed E-state index contributed by atoms with van der Waals surface area (Å²) in [5, 5.41) is 43.3. The molecule has 202 valence electrons. The zero-order valence-electron chi connectivity index (χ0n) is 22.6. The Labute approximate surface area is 248 Å². The van der Waals surface area contributed by atoms with Crippen LogP contribution in [0.25, 0.3) is 65.5 Å². The van der Waals surface area contributed by atoms with Gasteiger partial charge >= 0.3 is 5.97 Å². The Morgan fingerprint density at radius 2 is 1.16 bits per heavy atom. The van der Waals surface area contributed by atoms with Crippen molar-refractivity contribution in [3.05, 3.63) is 95.6 Å². The third-order valence-electron chi connectivity index (χ3n) is 7.55. The number of hydrogen-bond acceptors (Lipinski definition) is 10. The maximum absolute atomic E-state index is 11.5. The van der Waals surface area contributed by atoms with E-state index in [4.69, 9.17) is 4.74 Å². The molecule has 0 aliphatic heterocycles. The third kappa shape index (κ3) is 3.67. The minimum atomic E-state index is -0.521. The van der Waals surface area contributed by atoms with Gasteiger partial charge in [-0.05, 0) is 16.7 Å². The van der Waals surface area contributed by atoms with Crippen molar-refractivity contribution in [2.45, 2.75) is 6.61 Å². The Hall–Kier alpha value is -7.01. The molecule has 7 aromatic rings. The first-order valence-corrected chi connectivity index (χ1v) is 13.2. The van der Waals surface area contributed by atoms with E-state index in [1.165, 1.54) is 0 Å². The van der Waals surface area contributed by atoms with Crippen LogP contribution < -0.4 is 0 Å². The van der Waals surface area contributed by atoms with Gasteiger partial charge in [-0.3, -0.25) is 0 Å². The lowest BCUT2D eigenvalue weighted by Gasteiger charge is -2.19. The summed E-state index contributed by atoms with van der Waals surface area (Å²) in [6, 6.07) is 24.7. The summed E-state index contributed by atoms with van der Waals surface area (Å²) in [7, 11) is 0. The lowest BCUT2D eigenvalue weighted by molar-refractivity contribution is -0.138. The number of fused-ring (bicyclic) bond motifs is 6. The summed E-state index contributed by atoms with van der Waals surface area (Å²) in [4.78, 5) is 30.0. The van der Waals surface area contributed by atoms with Crippen LogP contribution in [0.1, 0.15) is 28.3 Å². The number of carbonyl (C=O) groups is 1. The highest BCUT2D eigenvalue weighted by molar-refractivity contribution is 6.40. The van der Waals surface area contributed by atoms with E-state index in [1.807, 2.05) is 78.9 Å². The molecule has 44 heavy (non-hydrogen) atoms. The first kappa shape index (κ1) is 25.9. The van der Waals surface area contributed by atoms with Gasteiger partial charge in [0.2, 0.25) is 0 Å². The Balaban J connectivity index is 1.66. The van der Waals surface area contributed by atoms with Crippen LogP contribution in [0.2, 0.25) is 0 Å². The fourth-order valence-corrected chi connectivity index (χ4v) is 5.68. The normalized spacial score (nSPS) is 10.9. The van der Waals surface area contributed by atoms with Gasteiger partial charge in [-0.25, -0.2) is 24.7 Å². The summed E-state index contributed by atoms with van der Waals surface area (Å²) in [5.41, 5.74) is 3.75. The fraction of sp³-hybridized carbons (Fsp3) is 0.0294. The predicted molar refractivity (Wildman–Crippen MR) is 161 cm³/mol. The number of benzene rings is 5. The summed E-state index contributed by atoms with van der Waals surface area (Å²) in [6.07, 6.45) is 1.10. The molecule has 0 atom stereocenters. The van der Waals surface area contributed by atoms with Crippen LogP contribution in [0, 0.1) is 45.3 Å². The van der Waals surface area contributed by atoms with Crippen LogP contribution in [-0.2, 0) is 16.1 Å². The van der Waals surface area contributed by atoms with E-state index >= 15 is 0 Å². The van der Waals surface area contributed by atoms with Gasteiger partial charge in [0, 0.05) is 38.4 Å². The monoisotopic (exact) mass is 566 g/mol. The molecule has 2 heterocycles. The van der Waals surface area contributed by atoms with Gasteiger partial charge in [0.1, 0.15) is 30.9 Å². The molecule has 0 saturated carbocycles. The molecule has 2 aromatic heterocycles. The highest BCUT2D eigenvalue weighted by atomic mass is 16.5. The van der Waals surface area contributed by atoms with Gasteiger partial charge in [0.25, 0.3) is 0 Å². The Morgan fingerprint density at radius 1 is 0.659 bits per heavy atom. The maximum atomic E-state index is 11.5. The summed E-state index contributed by atoms with van der Waals surface area (Å²) in [5.74, 6) is -0.521. The van der Waals surface area contributed by atoms with Crippen molar-refractivity contribution < 1.29 is 9.53 Å². The zero-order chi connectivity index (χ0) is 30.5. The minimum absolute atomic E-state index is 0.0792. The van der Waals surface area contributed by atoms with Crippen LogP contribution in [-0.4, -0.2) is 25.9 Å². The van der Waals surface area contributed by atoms with E-state index in [2.05, 4.69) is 26.5 Å². The molecular weight excluding hydrogens is 552 g/mol. The van der Waals surface area contributed by atoms with Crippen LogP contribution in [0.4, 0.5) is 0 Å². The molecule has 0 aliphatic carbocycles. The predicted octanol–water partition coefficient (Wildman–Crippen LogP) is 5.85. The fourth-order valence-electron chi connectivity index (χ4n) is 5.68. The summed E-state index contributed by atoms with van der Waals surface area (Å²) < 4.78 is 5.16. The van der Waals surface area contributed by atoms with Gasteiger partial charge in [-0.15, -0.1) is 0 Å². The molecule has 10 heteroatoms. The molecule has 10 nitrogen and oxygen atoms in total. The van der Waals surface area contributed by atoms with Crippen molar-refractivity contribution >= 4 is 60.4 Å². The van der Waals surface area contributed by atoms with Crippen molar-refractivity contribution in [1.82, 2.24) is 19.9 Å². The molecule has 0 aliphatic rings. The van der Waals surface area contributed by atoms with Crippen LogP contribution >= 0.6 is 0 Å². The molecule has 0 fully saturated rings. The first-order valence-electron chi connectivity index (χ1n) is 13.2. The van der Waals surface area contributed by atoms with Crippen LogP contribution in [0.3, 0.4) is 0 Å². The van der Waals surface area contributed by atoms with Crippen molar-refractivity contribution in [3.8, 4) is 35.4 Å². The highest BCUT2D eigenvalue weighted by Crippen LogP contribution is 2.46. The topological polar surface area (TPSA) is 173 Å². The van der Waals surface area contributed by atoms with Crippen molar-refractivity contribution in [1.29, 1.82) is 21.0 Å². The number of nitrogens with zero attached hydrogens (tertiary/aromatic N) is 8. The molecule has 0 spiro atoms. The van der Waals surface area contributed by atoms with Crippen LogP contribution in [0.5, 0.6) is 0 Å². The molecule has 0 amide bonds. The van der Waals surface area contributed by atoms with Crippen molar-refractivity contribution in [2.75, 3.05) is 0 Å². The molecular formula is C34H14N8O2. The van der Waals surface area contributed by atoms with E-state index < -0.39 is 5.97 Å². The average molecular weight is 567 g/mol. The third-order valence-corrected chi connectivity index (χ3v) is 7.55. The Bertz CT molecular complexity index is 2560. The largest absolute Gasteiger partial charge is 0.458 e. The number of carbonyl (C=O) groups excluding carboxylic acids is 1. The molecule has 0 saturated heterocycles. The number of nitriles is 4. The summed E-state index contributed by atoms with van der Waals surface area (Å²) in [6.45, 7) is 3.49. The maximum Gasteiger partial charge on any atom is 0.330 e. The number of rotatable bonds is 4. The van der Waals surface area contributed by atoms with Gasteiger partial charge in [-0.2, -0.15) is 21.0 Å². The number of ether oxygens (including phenoxy) is 1. The first-order chi connectivity index (χ1) is 21.5. The SMILES string of the molecule is C=CC(=O)OCc1ccc(-c2ccc3c4nc(C#N)c(C#N)nc4c4cccc5c6nc(C#N)c(C#N)nc6c2c3c45)cc1. The lowest BCUT2D eigenvalue weighted by atomic mass is 9.87. The second-order valence-corrected chi connectivity index (χ2v) is 9.83. The van der Waals surface area contributed by atoms with E-state index in [0.29, 0.717) is 43.6 Å². The van der Waals surface area contributed by atoms with E-state index in [9.17, 15) is 25.8 Å². The minimum Gasteiger partial charge on any atom is -0.458 e. The number of hydrogen-bond donors (Lipinski definition) is 0. The van der Waals surface area contributed by atoms with Gasteiger partial charge < -0.3 is 4.74 Å². The standard InChI is InChI=1S/C34H14N8O2/c1-2-27(43)44-16-17-6-8-18(9-7-17)19-10-11-22-29-28-20(31-32(22)40-24(13-36)23(12-35)39-31)4-3-5-21(28)33-34(30(19)29)42-26(15-38)25(14-37)41-33/h2-11H,1,16H2. The molecule has 0 bridgehead atoms. The molecule has 0 N–H and O–H groups in total. The van der Waals surface area contributed by atoms with E-state index in [1.54, 1.807) is 0 Å². The quantitative estimate of drug-likeness (QED) is 0.109. The van der Waals surface area contributed by atoms with Crippen molar-refractivity contribution in [2.24, 2.45) is 0 Å². The lowest BCUT2D eigenvalue weighted by Crippen LogP contribution is -2.02. The smallest absolute Gasteiger partial charge is 0.330 e. The van der Waals surface area contributed by atoms with Crippen LogP contribution in [0.15, 0.2) is 67.3 Å². The second-order valence-electron chi connectivity index (χ2n) is 9.83. The van der Waals surface area contributed by atoms with E-state index in [-0.39, 0.29) is 29.4 Å². The molecule has 0 unspecified atom stereocenters. The van der Waals surface area contributed by atoms with Gasteiger partial charge in [0.05, 0.1) is 22.1 Å². The van der Waals surface area contributed by atoms with Crippen molar-refractivity contribution in [3.63, 3.8) is 0 Å². The molecule has 5 aromatic carbocycles. The Kier molecular flexibility index (Phi) is 5.79. The van der Waals surface area contributed by atoms with E-state index in [0.717, 1.165) is 33.5 Å². The second kappa shape index (κ2) is 9.82. The number of esters is 1. The number of aromatic nitrogens is 4.